The van der Waals surface area contributed by atoms with Gasteiger partial charge in [-0.25, -0.2) is 9.59 Å². The van der Waals surface area contributed by atoms with Crippen molar-refractivity contribution >= 4 is 60.4 Å². The van der Waals surface area contributed by atoms with Crippen LogP contribution in [0.2, 0.25) is 0 Å². The number of carbonyl (C=O) groups excluding carboxylic acids is 2. The molecule has 0 aliphatic heterocycles. The molecule has 10 aromatic rings. The number of halogens is 5. The molecule has 0 bridgehead atoms. The van der Waals surface area contributed by atoms with Crippen LogP contribution in [0, 0.1) is 42.5 Å². The van der Waals surface area contributed by atoms with Gasteiger partial charge in [0.1, 0.15) is 11.5 Å². The van der Waals surface area contributed by atoms with E-state index in [0.29, 0.717) is 42.2 Å². The van der Waals surface area contributed by atoms with Crippen molar-refractivity contribution < 1.29 is 76.1 Å². The summed E-state index contributed by atoms with van der Waals surface area (Å²) in [5.41, 5.74) is 14.9. The molecule has 2 N–H and O–H groups in total. The molecule has 0 saturated heterocycles. The van der Waals surface area contributed by atoms with Gasteiger partial charge in [-0.05, 0) is 180 Å². The molecule has 10 aromatic carbocycles. The number of rotatable bonds is 32. The van der Waals surface area contributed by atoms with E-state index in [1.807, 2.05) is 65.8 Å². The molecule has 596 valence electrons. The summed E-state index contributed by atoms with van der Waals surface area (Å²) in [6.45, 7) is 10.7. The average molecular weight is 1840 g/mol. The monoisotopic (exact) mass is 1840 g/mol. The van der Waals surface area contributed by atoms with Crippen LogP contribution < -0.4 is 20.1 Å². The summed E-state index contributed by atoms with van der Waals surface area (Å²) in [6, 6.07) is 97.3. The van der Waals surface area contributed by atoms with Crippen LogP contribution in [0.15, 0.2) is 279 Å². The van der Waals surface area contributed by atoms with Crippen molar-refractivity contribution in [2.45, 2.75) is 137 Å². The summed E-state index contributed by atoms with van der Waals surface area (Å²) >= 11 is 1.13. The Kier molecular flexibility index (Phi) is 65.2. The third-order valence-electron chi connectivity index (χ3n) is 17.0. The van der Waals surface area contributed by atoms with Crippen LogP contribution in [-0.4, -0.2) is 52.5 Å². The van der Waals surface area contributed by atoms with Gasteiger partial charge in [0.2, 0.25) is 0 Å². The van der Waals surface area contributed by atoms with E-state index >= 15 is 0 Å². The third-order valence-corrected chi connectivity index (χ3v) is 17.0. The number of ether oxygens (including phenoxy) is 4. The molecule has 4 atom stereocenters. The van der Waals surface area contributed by atoms with E-state index in [-0.39, 0.29) is 85.4 Å². The van der Waals surface area contributed by atoms with E-state index < -0.39 is 0 Å². The van der Waals surface area contributed by atoms with E-state index in [4.69, 9.17) is 57.7 Å². The number of methoxy groups -OCH3 is 2. The number of carbonyl (C=O) groups is 2. The summed E-state index contributed by atoms with van der Waals surface area (Å²) in [4.78, 5) is 22.0. The molecule has 0 aliphatic rings. The van der Waals surface area contributed by atoms with Gasteiger partial charge in [-0.1, -0.05) is 275 Å². The third kappa shape index (κ3) is 44.1. The molecule has 109 heavy (non-hydrogen) atoms. The predicted octanol–water partition coefficient (Wildman–Crippen LogP) is 26.5. The van der Waals surface area contributed by atoms with Crippen molar-refractivity contribution in [2.24, 2.45) is 0 Å². The fourth-order valence-electron chi connectivity index (χ4n) is 11.7. The Balaban J connectivity index is 0. The zero-order valence-electron chi connectivity index (χ0n) is 63.5. The minimum absolute atomic E-state index is 0. The maximum absolute atomic E-state index is 11.0. The summed E-state index contributed by atoms with van der Waals surface area (Å²) in [5, 5.41) is 7.91. The number of aryl methyl sites for hydroxylation is 6. The first-order chi connectivity index (χ1) is 51.0. The van der Waals surface area contributed by atoms with Gasteiger partial charge in [0, 0.05) is 18.0 Å². The molecular weight excluding hydrogens is 1720 g/mol. The van der Waals surface area contributed by atoms with Gasteiger partial charge < -0.3 is 58.3 Å². The summed E-state index contributed by atoms with van der Waals surface area (Å²) in [5.74, 6) is 2.06. The molecule has 10 rings (SSSR count). The number of unbranched alkanes of at least 4 members (excludes halogenated alkanes) is 2. The second kappa shape index (κ2) is 67.7. The Morgan fingerprint density at radius 1 is 0.394 bits per heavy atom. The van der Waals surface area contributed by atoms with Gasteiger partial charge >= 0.3 is 108 Å². The van der Waals surface area contributed by atoms with Gasteiger partial charge in [-0.3, -0.25) is 0 Å². The van der Waals surface area contributed by atoms with Gasteiger partial charge in [0.25, 0.3) is 0 Å². The van der Waals surface area contributed by atoms with E-state index in [9.17, 15) is 9.59 Å². The molecule has 0 spiro atoms. The van der Waals surface area contributed by atoms with Crippen LogP contribution in [-0.2, 0) is 82.8 Å². The number of hydrogen-bond acceptors (Lipinski definition) is 8. The SMILES string of the molecule is C.C.CCOC(=O)c1ccccc1.CCOC(=O)c1ccccc1.COc1ccc(CCCCC(c2ccccc2)C(NCCCc2ccc(C)cc2)c2ccccc2)cc1.COc1ccc(CCCNC(c2ccccc2)C([CH-]CCCc2ccc(C)cc2)c2ccccc2)cc1.[CH3-].[CH3-].[CH3-].[Cl][Ru+3].[Cl][Ru][Cl].[Cl][Ru][Cl]. The summed E-state index contributed by atoms with van der Waals surface area (Å²) < 4.78 is 20.2. The standard InChI is InChI=1S/C35H41NO.C35H40NO.2C9H10O2.2CH4.3CH3.5ClH.3Ru/c1-28-19-21-30(22-20-28)13-11-27-36-35(32-16-7-4-8-17-32)34(31-14-5-3-6-15-31)18-10-9-12-29-23-25-33(37-2)26-24-29;1-28-19-21-29(22-20-28)12-9-10-18-34(31-14-5-3-6-15-31)35(32-16-7-4-8-17-32)36-27-11-13-30-23-25-33(37-2)26-24-30;2*1-2-11-9(10)8-6-4-3-5-7-8;;;;;;;;;;;;;/h3-8,14-17,19-26,34-36H,9-13,18,27H2,1-2H3;3-8,14-26,34-36H,9-13,27H2,1-2H3;2*3-7H,2H2,1H3;2*1H4;3*1H3;5*1H;;;/q;-1;;;;;3*-1;;;;;;2*+2;+4/p-5. The molecule has 8 nitrogen and oxygen atoms in total. The molecule has 0 aromatic heterocycles. The Labute approximate surface area is 704 Å². The van der Waals surface area contributed by atoms with Crippen molar-refractivity contribution in [2.75, 3.05) is 40.5 Å². The van der Waals surface area contributed by atoms with Crippen LogP contribution >= 0.6 is 48.5 Å². The summed E-state index contributed by atoms with van der Waals surface area (Å²) in [6.07, 6.45) is 14.9. The van der Waals surface area contributed by atoms with Crippen LogP contribution in [0.4, 0.5) is 0 Å². The number of nitrogens with one attached hydrogen (secondary N) is 2. The quantitative estimate of drug-likeness (QED) is 0.0186. The molecule has 0 fully saturated rings. The average Bonchev–Trinajstić information content (AvgIpc) is 0.835. The van der Waals surface area contributed by atoms with Crippen molar-refractivity contribution in [3.05, 3.63) is 375 Å². The fraction of sp³-hybridized carbons (Fsp3) is 0.290. The molecule has 16 heteroatoms. The fourth-order valence-corrected chi connectivity index (χ4v) is 11.7. The number of hydrogen-bond donors (Lipinski definition) is 2. The van der Waals surface area contributed by atoms with Crippen molar-refractivity contribution in [3.63, 3.8) is 0 Å². The Morgan fingerprint density at radius 3 is 1.04 bits per heavy atom. The van der Waals surface area contributed by atoms with E-state index in [0.717, 1.165) is 82.4 Å². The Bertz CT molecular complexity index is 3470. The van der Waals surface area contributed by atoms with Crippen LogP contribution in [0.3, 0.4) is 0 Å². The van der Waals surface area contributed by atoms with Crippen molar-refractivity contribution in [3.8, 4) is 11.5 Å². The molecule has 0 radical (unpaired) electrons. The molecule has 0 aliphatic carbocycles. The first-order valence-electron chi connectivity index (χ1n) is 35.1. The van der Waals surface area contributed by atoms with Crippen LogP contribution in [0.5, 0.6) is 11.5 Å². The van der Waals surface area contributed by atoms with Gasteiger partial charge in [-0.15, -0.1) is 5.92 Å². The Hall–Kier alpha value is -6.02. The predicted molar refractivity (Wildman–Crippen MR) is 459 cm³/mol. The maximum atomic E-state index is 11.0. The van der Waals surface area contributed by atoms with Crippen LogP contribution in [0.1, 0.15) is 174 Å². The molecular formula is C93H118Cl5N2O6Ru3-. The van der Waals surface area contributed by atoms with Crippen molar-refractivity contribution in [1.29, 1.82) is 0 Å². The summed E-state index contributed by atoms with van der Waals surface area (Å²) in [7, 11) is 27.4. The normalized spacial score (nSPS) is 10.9. The van der Waals surface area contributed by atoms with E-state index in [2.05, 4.69) is 247 Å². The molecule has 0 amide bonds. The minimum atomic E-state index is -0.346. The van der Waals surface area contributed by atoms with E-state index in [1.165, 1.54) is 68.5 Å². The molecule has 4 unspecified atom stereocenters. The number of esters is 2. The van der Waals surface area contributed by atoms with Gasteiger partial charge in [-0.2, -0.15) is 6.42 Å². The zero-order chi connectivity index (χ0) is 75.0. The second-order valence-electron chi connectivity index (χ2n) is 24.2. The van der Waals surface area contributed by atoms with Crippen LogP contribution in [0.25, 0.3) is 0 Å². The van der Waals surface area contributed by atoms with Gasteiger partial charge in [0.05, 0.1) is 38.6 Å². The Morgan fingerprint density at radius 2 is 0.688 bits per heavy atom. The number of benzene rings is 10. The first-order valence-corrected chi connectivity index (χ1v) is 46.3. The zero-order valence-corrected chi connectivity index (χ0v) is 72.4. The topological polar surface area (TPSA) is 95.1 Å². The van der Waals surface area contributed by atoms with Crippen molar-refractivity contribution in [1.82, 2.24) is 10.6 Å². The molecule has 0 heterocycles. The first kappa shape index (κ1) is 105. The molecule has 0 saturated carbocycles. The van der Waals surface area contributed by atoms with Gasteiger partial charge in [0.15, 0.2) is 0 Å². The second-order valence-corrected chi connectivity index (χ2v) is 29.4. The van der Waals surface area contributed by atoms with E-state index in [1.54, 1.807) is 52.3 Å².